The summed E-state index contributed by atoms with van der Waals surface area (Å²) in [5.74, 6) is -0.909. The average molecular weight is 841 g/mol. The van der Waals surface area contributed by atoms with Crippen LogP contribution in [0.1, 0.15) is 258 Å². The van der Waals surface area contributed by atoms with E-state index in [-0.39, 0.29) is 31.1 Å². The highest BCUT2D eigenvalue weighted by molar-refractivity contribution is 5.71. The van der Waals surface area contributed by atoms with Gasteiger partial charge in [-0.05, 0) is 89.9 Å². The van der Waals surface area contributed by atoms with Crippen LogP contribution in [0.2, 0.25) is 0 Å². The summed E-state index contributed by atoms with van der Waals surface area (Å²) in [5.41, 5.74) is 0. The first-order valence-electron chi connectivity index (χ1n) is 25.7. The Morgan fingerprint density at radius 3 is 1.02 bits per heavy atom. The summed E-state index contributed by atoms with van der Waals surface area (Å²) in [4.78, 5) is 37.9. The maximum absolute atomic E-state index is 12.8. The quantitative estimate of drug-likeness (QED) is 0.0200. The molecule has 1 unspecified atom stereocenters. The van der Waals surface area contributed by atoms with Gasteiger partial charge in [-0.2, -0.15) is 0 Å². The fraction of sp³-hybridized carbons (Fsp3) is 0.796. The zero-order valence-electron chi connectivity index (χ0n) is 39.7. The number of carbonyl (C=O) groups is 3. The number of hydrogen-bond acceptors (Lipinski definition) is 6. The molecule has 0 saturated heterocycles. The maximum atomic E-state index is 12.8. The van der Waals surface area contributed by atoms with Crippen LogP contribution in [0.4, 0.5) is 0 Å². The molecule has 0 aliphatic rings. The van der Waals surface area contributed by atoms with Crippen molar-refractivity contribution in [2.24, 2.45) is 0 Å². The highest BCUT2D eigenvalue weighted by atomic mass is 16.6. The van der Waals surface area contributed by atoms with E-state index in [1.807, 2.05) is 0 Å². The van der Waals surface area contributed by atoms with Crippen LogP contribution in [0.5, 0.6) is 0 Å². The third-order valence-electron chi connectivity index (χ3n) is 11.1. The third kappa shape index (κ3) is 46.4. The van der Waals surface area contributed by atoms with Crippen molar-refractivity contribution in [3.8, 4) is 0 Å². The average Bonchev–Trinajstić information content (AvgIpc) is 3.24. The van der Waals surface area contributed by atoms with Gasteiger partial charge in [0, 0.05) is 19.3 Å². The van der Waals surface area contributed by atoms with E-state index in [0.717, 1.165) is 89.9 Å². The SMILES string of the molecule is CCCC/C=C\CCCCCCC(=O)OCC(COC(=O)CCCCCCCCC/C=C\CCCCCCCC)OC(=O)CCCCCCCC/C=C\C=C/CCCCC. The van der Waals surface area contributed by atoms with Gasteiger partial charge < -0.3 is 14.2 Å². The minimum absolute atomic E-state index is 0.0832. The second-order valence-electron chi connectivity index (χ2n) is 17.1. The molecule has 0 spiro atoms. The summed E-state index contributed by atoms with van der Waals surface area (Å²) < 4.78 is 16.8. The van der Waals surface area contributed by atoms with Crippen molar-refractivity contribution in [1.29, 1.82) is 0 Å². The number of rotatable bonds is 46. The van der Waals surface area contributed by atoms with Gasteiger partial charge in [-0.15, -0.1) is 0 Å². The fourth-order valence-corrected chi connectivity index (χ4v) is 7.11. The summed E-state index contributed by atoms with van der Waals surface area (Å²) in [5, 5.41) is 0. The largest absolute Gasteiger partial charge is 0.462 e. The minimum Gasteiger partial charge on any atom is -0.462 e. The van der Waals surface area contributed by atoms with E-state index < -0.39 is 6.10 Å². The Balaban J connectivity index is 4.36. The van der Waals surface area contributed by atoms with Crippen molar-refractivity contribution in [1.82, 2.24) is 0 Å². The first kappa shape index (κ1) is 57.4. The van der Waals surface area contributed by atoms with Crippen LogP contribution in [0.25, 0.3) is 0 Å². The number of unbranched alkanes of at least 4 members (excludes halogenated alkanes) is 28. The van der Waals surface area contributed by atoms with E-state index in [1.165, 1.54) is 128 Å². The molecule has 0 aromatic heterocycles. The van der Waals surface area contributed by atoms with Crippen LogP contribution in [-0.4, -0.2) is 37.2 Å². The van der Waals surface area contributed by atoms with Crippen LogP contribution in [0.15, 0.2) is 48.6 Å². The molecule has 0 heterocycles. The zero-order valence-corrected chi connectivity index (χ0v) is 39.7. The van der Waals surface area contributed by atoms with Gasteiger partial charge in [-0.25, -0.2) is 0 Å². The summed E-state index contributed by atoms with van der Waals surface area (Å²) in [6, 6.07) is 0. The Morgan fingerprint density at radius 1 is 0.333 bits per heavy atom. The lowest BCUT2D eigenvalue weighted by Crippen LogP contribution is -2.30. The maximum Gasteiger partial charge on any atom is 0.306 e. The molecule has 0 aromatic rings. The van der Waals surface area contributed by atoms with Gasteiger partial charge in [-0.1, -0.05) is 198 Å². The molecule has 0 aromatic carbocycles. The predicted molar refractivity (Wildman–Crippen MR) is 256 cm³/mol. The molecule has 1 atom stereocenters. The van der Waals surface area contributed by atoms with Gasteiger partial charge >= 0.3 is 17.9 Å². The Morgan fingerprint density at radius 2 is 0.617 bits per heavy atom. The number of carbonyl (C=O) groups excluding carboxylic acids is 3. The number of ether oxygens (including phenoxy) is 3. The molecule has 6 heteroatoms. The van der Waals surface area contributed by atoms with E-state index in [4.69, 9.17) is 14.2 Å². The summed E-state index contributed by atoms with van der Waals surface area (Å²) in [6.07, 6.45) is 58.1. The number of hydrogen-bond donors (Lipinski definition) is 0. The highest BCUT2D eigenvalue weighted by Gasteiger charge is 2.19. The molecule has 0 bridgehead atoms. The second-order valence-corrected chi connectivity index (χ2v) is 17.1. The molecule has 0 saturated carbocycles. The van der Waals surface area contributed by atoms with Crippen molar-refractivity contribution in [2.45, 2.75) is 264 Å². The molecular formula is C54H96O6. The van der Waals surface area contributed by atoms with Crippen molar-refractivity contribution in [3.05, 3.63) is 48.6 Å². The number of allylic oxidation sites excluding steroid dienone is 8. The highest BCUT2D eigenvalue weighted by Crippen LogP contribution is 2.14. The van der Waals surface area contributed by atoms with Gasteiger partial charge in [0.2, 0.25) is 0 Å². The predicted octanol–water partition coefficient (Wildman–Crippen LogP) is 16.7. The van der Waals surface area contributed by atoms with Gasteiger partial charge in [-0.3, -0.25) is 14.4 Å². The molecule has 0 radical (unpaired) electrons. The lowest BCUT2D eigenvalue weighted by molar-refractivity contribution is -0.167. The second kappa shape index (κ2) is 49.0. The third-order valence-corrected chi connectivity index (χ3v) is 11.1. The van der Waals surface area contributed by atoms with Crippen molar-refractivity contribution in [3.63, 3.8) is 0 Å². The summed E-state index contributed by atoms with van der Waals surface area (Å²) in [6.45, 7) is 6.54. The van der Waals surface area contributed by atoms with E-state index in [9.17, 15) is 14.4 Å². The van der Waals surface area contributed by atoms with Crippen LogP contribution in [-0.2, 0) is 28.6 Å². The van der Waals surface area contributed by atoms with E-state index in [0.29, 0.717) is 19.3 Å². The van der Waals surface area contributed by atoms with E-state index in [1.54, 1.807) is 0 Å². The zero-order chi connectivity index (χ0) is 43.7. The Bertz CT molecular complexity index is 1060. The minimum atomic E-state index is -0.783. The van der Waals surface area contributed by atoms with Crippen LogP contribution in [0.3, 0.4) is 0 Å². The summed E-state index contributed by atoms with van der Waals surface area (Å²) in [7, 11) is 0. The van der Waals surface area contributed by atoms with Crippen LogP contribution < -0.4 is 0 Å². The number of esters is 3. The van der Waals surface area contributed by atoms with E-state index >= 15 is 0 Å². The van der Waals surface area contributed by atoms with Crippen LogP contribution in [0, 0.1) is 0 Å². The lowest BCUT2D eigenvalue weighted by Gasteiger charge is -2.18. The van der Waals surface area contributed by atoms with Gasteiger partial charge in [0.15, 0.2) is 6.10 Å². The normalized spacial score (nSPS) is 12.4. The van der Waals surface area contributed by atoms with Crippen molar-refractivity contribution in [2.75, 3.05) is 13.2 Å². The molecule has 348 valence electrons. The molecule has 0 amide bonds. The Hall–Kier alpha value is -2.63. The first-order chi connectivity index (χ1) is 29.5. The molecule has 6 nitrogen and oxygen atoms in total. The van der Waals surface area contributed by atoms with Crippen LogP contribution >= 0.6 is 0 Å². The molecular weight excluding hydrogens is 745 g/mol. The van der Waals surface area contributed by atoms with Crippen molar-refractivity contribution >= 4 is 17.9 Å². The molecule has 60 heavy (non-hydrogen) atoms. The molecule has 0 aliphatic heterocycles. The van der Waals surface area contributed by atoms with Crippen molar-refractivity contribution < 1.29 is 28.6 Å². The fourth-order valence-electron chi connectivity index (χ4n) is 7.11. The summed E-state index contributed by atoms with van der Waals surface area (Å²) >= 11 is 0. The Labute approximate surface area is 371 Å². The smallest absolute Gasteiger partial charge is 0.306 e. The van der Waals surface area contributed by atoms with Gasteiger partial charge in [0.05, 0.1) is 0 Å². The standard InChI is InChI=1S/C54H96O6/c1-4-7-10-13-16-19-22-24-26-27-29-30-32-35-38-41-44-47-53(56)59-50-51(49-58-52(55)46-43-40-37-34-21-18-15-12-9-6-3)60-54(57)48-45-42-39-36-33-31-28-25-23-20-17-14-11-8-5-2/h15,17-18,20,23-26,51H,4-14,16,19,21-22,27-50H2,1-3H3/b18-15-,20-17-,25-23-,26-24-. The van der Waals surface area contributed by atoms with Gasteiger partial charge in [0.1, 0.15) is 13.2 Å². The first-order valence-corrected chi connectivity index (χ1v) is 25.7. The Kier molecular flexibility index (Phi) is 46.9. The monoisotopic (exact) mass is 841 g/mol. The molecule has 0 N–H and O–H groups in total. The lowest BCUT2D eigenvalue weighted by atomic mass is 10.1. The molecule has 0 fully saturated rings. The topological polar surface area (TPSA) is 78.9 Å². The van der Waals surface area contributed by atoms with E-state index in [2.05, 4.69) is 69.4 Å². The van der Waals surface area contributed by atoms with Gasteiger partial charge in [0.25, 0.3) is 0 Å². The molecule has 0 aliphatic carbocycles. The molecule has 0 rings (SSSR count).